The molecule has 23 heavy (non-hydrogen) atoms. The Bertz CT molecular complexity index is 843. The molecule has 5 heteroatoms. The van der Waals surface area contributed by atoms with E-state index in [1.165, 1.54) is 6.07 Å². The van der Waals surface area contributed by atoms with Crippen LogP contribution in [-0.2, 0) is 0 Å². The predicted octanol–water partition coefficient (Wildman–Crippen LogP) is 3.64. The Morgan fingerprint density at radius 1 is 1.09 bits per heavy atom. The third-order valence-electron chi connectivity index (χ3n) is 4.87. The number of nitrogens with zero attached hydrogens (tertiary/aromatic N) is 1. The minimum absolute atomic E-state index is 0.0439. The molecule has 1 aromatic heterocycles. The molecule has 0 unspecified atom stereocenters. The van der Waals surface area contributed by atoms with Crippen molar-refractivity contribution >= 4 is 23.2 Å². The molecule has 1 aromatic carbocycles. The van der Waals surface area contributed by atoms with Crippen LogP contribution in [0.1, 0.15) is 47.6 Å². The number of pyridine rings is 1. The van der Waals surface area contributed by atoms with Crippen LogP contribution in [0.2, 0.25) is 5.02 Å². The van der Waals surface area contributed by atoms with Crippen molar-refractivity contribution in [3.8, 4) is 0 Å². The smallest absolute Gasteiger partial charge is 0.252 e. The van der Waals surface area contributed by atoms with Gasteiger partial charge in [-0.1, -0.05) is 36.6 Å². The molecule has 0 saturated heterocycles. The fourth-order valence-electron chi connectivity index (χ4n) is 3.77. The molecule has 2 aromatic rings. The van der Waals surface area contributed by atoms with Gasteiger partial charge in [-0.15, -0.1) is 0 Å². The summed E-state index contributed by atoms with van der Waals surface area (Å²) in [6.45, 7) is 0. The van der Waals surface area contributed by atoms with Crippen LogP contribution in [0.5, 0.6) is 0 Å². The quantitative estimate of drug-likeness (QED) is 0.856. The monoisotopic (exact) mass is 328 g/mol. The summed E-state index contributed by atoms with van der Waals surface area (Å²) in [4.78, 5) is 25.2. The van der Waals surface area contributed by atoms with E-state index >= 15 is 0 Å². The van der Waals surface area contributed by atoms with E-state index < -0.39 is 0 Å². The Balaban J connectivity index is 1.83. The molecule has 1 saturated carbocycles. The molecule has 4 rings (SSSR count). The zero-order valence-corrected chi connectivity index (χ0v) is 13.3. The van der Waals surface area contributed by atoms with E-state index in [-0.39, 0.29) is 23.4 Å². The van der Waals surface area contributed by atoms with Gasteiger partial charge in [0.15, 0.2) is 5.78 Å². The maximum absolute atomic E-state index is 12.9. The van der Waals surface area contributed by atoms with Gasteiger partial charge in [0.05, 0.1) is 16.6 Å². The van der Waals surface area contributed by atoms with E-state index in [0.717, 1.165) is 25.7 Å². The van der Waals surface area contributed by atoms with Crippen molar-refractivity contribution in [3.05, 3.63) is 62.9 Å². The molecule has 118 valence electrons. The summed E-state index contributed by atoms with van der Waals surface area (Å²) in [5, 5.41) is 3.84. The zero-order chi connectivity index (χ0) is 16.0. The van der Waals surface area contributed by atoms with Crippen molar-refractivity contribution in [2.75, 3.05) is 5.32 Å². The second-order valence-electron chi connectivity index (χ2n) is 6.22. The number of ketones is 1. The van der Waals surface area contributed by atoms with Crippen LogP contribution in [0, 0.1) is 0 Å². The van der Waals surface area contributed by atoms with Gasteiger partial charge in [-0.25, -0.2) is 0 Å². The van der Waals surface area contributed by atoms with Crippen LogP contribution < -0.4 is 10.9 Å². The Morgan fingerprint density at radius 3 is 2.70 bits per heavy atom. The fourth-order valence-corrected chi connectivity index (χ4v) is 3.99. The maximum Gasteiger partial charge on any atom is 0.252 e. The van der Waals surface area contributed by atoms with Gasteiger partial charge in [0.2, 0.25) is 0 Å². The van der Waals surface area contributed by atoms with Crippen molar-refractivity contribution in [1.82, 2.24) is 4.57 Å². The van der Waals surface area contributed by atoms with Crippen LogP contribution in [0.4, 0.5) is 5.82 Å². The molecule has 2 aliphatic rings. The number of hydrogen-bond acceptors (Lipinski definition) is 3. The predicted molar refractivity (Wildman–Crippen MR) is 90.5 cm³/mol. The van der Waals surface area contributed by atoms with E-state index in [1.54, 1.807) is 34.9 Å². The Hall–Kier alpha value is -2.07. The van der Waals surface area contributed by atoms with E-state index in [1.807, 2.05) is 0 Å². The minimum Gasteiger partial charge on any atom is -0.366 e. The number of anilines is 1. The SMILES string of the molecule is O=C(c1ccccc1Cl)c1ccc(=O)n2c1N[C@H]1CCCC[C@@H]12. The first kappa shape index (κ1) is 14.5. The van der Waals surface area contributed by atoms with Gasteiger partial charge in [0.25, 0.3) is 5.56 Å². The number of carbonyl (C=O) groups excluding carboxylic acids is 1. The summed E-state index contributed by atoms with van der Waals surface area (Å²) in [6, 6.07) is 10.5. The molecule has 2 atom stereocenters. The van der Waals surface area contributed by atoms with Gasteiger partial charge in [-0.05, 0) is 31.0 Å². The third kappa shape index (κ3) is 2.29. The van der Waals surface area contributed by atoms with E-state index in [0.29, 0.717) is 22.0 Å². The van der Waals surface area contributed by atoms with Crippen LogP contribution in [0.15, 0.2) is 41.2 Å². The molecule has 2 heterocycles. The van der Waals surface area contributed by atoms with Crippen molar-refractivity contribution in [2.24, 2.45) is 0 Å². The summed E-state index contributed by atoms with van der Waals surface area (Å²) in [5.41, 5.74) is 0.942. The van der Waals surface area contributed by atoms with E-state index in [2.05, 4.69) is 5.32 Å². The maximum atomic E-state index is 12.9. The van der Waals surface area contributed by atoms with Crippen molar-refractivity contribution in [3.63, 3.8) is 0 Å². The average Bonchev–Trinajstić information content (AvgIpc) is 2.95. The highest BCUT2D eigenvalue weighted by atomic mass is 35.5. The molecular weight excluding hydrogens is 312 g/mol. The van der Waals surface area contributed by atoms with Crippen molar-refractivity contribution < 1.29 is 4.79 Å². The molecule has 1 aliphatic carbocycles. The van der Waals surface area contributed by atoms with Gasteiger partial charge in [0.1, 0.15) is 5.82 Å². The standard InChI is InChI=1S/C18H17ClN2O2/c19-13-6-2-1-5-11(13)17(23)12-9-10-16(22)21-15-8-4-3-7-14(15)20-18(12)21/h1-2,5-6,9-10,14-15,20H,3-4,7-8H2/t14-,15-/m0/s1. The molecule has 0 bridgehead atoms. The topological polar surface area (TPSA) is 51.1 Å². The summed E-state index contributed by atoms with van der Waals surface area (Å²) < 4.78 is 1.77. The molecular formula is C18H17ClN2O2. The molecule has 4 nitrogen and oxygen atoms in total. The second kappa shape index (κ2) is 5.53. The van der Waals surface area contributed by atoms with Gasteiger partial charge in [-0.2, -0.15) is 0 Å². The summed E-state index contributed by atoms with van der Waals surface area (Å²) in [6.07, 6.45) is 4.29. The average molecular weight is 329 g/mol. The normalized spacial score (nSPS) is 22.1. The number of rotatable bonds is 2. The minimum atomic E-state index is -0.148. The summed E-state index contributed by atoms with van der Waals surface area (Å²) in [7, 11) is 0. The molecule has 0 radical (unpaired) electrons. The third-order valence-corrected chi connectivity index (χ3v) is 5.20. The van der Waals surface area contributed by atoms with Gasteiger partial charge in [0, 0.05) is 17.7 Å². The van der Waals surface area contributed by atoms with Crippen LogP contribution in [0.3, 0.4) is 0 Å². The second-order valence-corrected chi connectivity index (χ2v) is 6.62. The largest absolute Gasteiger partial charge is 0.366 e. The van der Waals surface area contributed by atoms with Crippen LogP contribution in [-0.4, -0.2) is 16.4 Å². The van der Waals surface area contributed by atoms with Crippen LogP contribution >= 0.6 is 11.6 Å². The lowest BCUT2D eigenvalue weighted by Gasteiger charge is -2.25. The Labute approximate surface area is 139 Å². The highest BCUT2D eigenvalue weighted by molar-refractivity contribution is 6.35. The first-order valence-corrected chi connectivity index (χ1v) is 8.36. The molecule has 1 fully saturated rings. The lowest BCUT2D eigenvalue weighted by Crippen LogP contribution is -2.29. The van der Waals surface area contributed by atoms with Gasteiger partial charge < -0.3 is 5.32 Å². The molecule has 1 N–H and O–H groups in total. The number of halogens is 1. The van der Waals surface area contributed by atoms with Gasteiger partial charge in [-0.3, -0.25) is 14.2 Å². The Kier molecular flexibility index (Phi) is 3.49. The summed E-state index contributed by atoms with van der Waals surface area (Å²) in [5.74, 6) is 0.504. The number of benzene rings is 1. The number of carbonyl (C=O) groups is 1. The van der Waals surface area contributed by atoms with Crippen LogP contribution in [0.25, 0.3) is 0 Å². The number of hydrogen-bond donors (Lipinski definition) is 1. The molecule has 0 amide bonds. The lowest BCUT2D eigenvalue weighted by molar-refractivity contribution is 0.103. The first-order valence-electron chi connectivity index (χ1n) is 7.98. The van der Waals surface area contributed by atoms with Crippen molar-refractivity contribution in [1.29, 1.82) is 0 Å². The lowest BCUT2D eigenvalue weighted by atomic mass is 9.91. The molecule has 1 aliphatic heterocycles. The number of fused-ring (bicyclic) bond motifs is 3. The zero-order valence-electron chi connectivity index (χ0n) is 12.6. The van der Waals surface area contributed by atoms with E-state index in [4.69, 9.17) is 11.6 Å². The van der Waals surface area contributed by atoms with E-state index in [9.17, 15) is 9.59 Å². The first-order chi connectivity index (χ1) is 11.2. The molecule has 0 spiro atoms. The van der Waals surface area contributed by atoms with Crippen molar-refractivity contribution in [2.45, 2.75) is 37.8 Å². The van der Waals surface area contributed by atoms with Gasteiger partial charge >= 0.3 is 0 Å². The highest BCUT2D eigenvalue weighted by Crippen LogP contribution is 2.39. The fraction of sp³-hybridized carbons (Fsp3) is 0.333. The number of nitrogens with one attached hydrogen (secondary N) is 1. The number of aromatic nitrogens is 1. The summed E-state index contributed by atoms with van der Waals surface area (Å²) >= 11 is 6.16. The highest BCUT2D eigenvalue weighted by Gasteiger charge is 2.36. The Morgan fingerprint density at radius 2 is 1.87 bits per heavy atom.